The van der Waals surface area contributed by atoms with Crippen molar-refractivity contribution in [2.24, 2.45) is 5.92 Å². The third-order valence-corrected chi connectivity index (χ3v) is 13.8. The van der Waals surface area contributed by atoms with E-state index in [2.05, 4.69) is 4.90 Å². The minimum atomic E-state index is -1.03. The van der Waals surface area contributed by atoms with Crippen molar-refractivity contribution in [1.29, 1.82) is 0 Å². The molecule has 0 aliphatic carbocycles. The van der Waals surface area contributed by atoms with Gasteiger partial charge in [0.15, 0.2) is 0 Å². The topological polar surface area (TPSA) is 120 Å². The number of aliphatic hydroxyl groups is 3. The molecule has 3 N–H and O–H groups in total. The first kappa shape index (κ1) is 45.2. The van der Waals surface area contributed by atoms with E-state index in [9.17, 15) is 24.9 Å². The molecule has 1 heterocycles. The van der Waals surface area contributed by atoms with Crippen LogP contribution in [0.3, 0.4) is 0 Å². The number of carbonyl (C=O) groups excluding carboxylic acids is 2. The van der Waals surface area contributed by atoms with Gasteiger partial charge in [-0.1, -0.05) is 137 Å². The van der Waals surface area contributed by atoms with Gasteiger partial charge in [-0.05, 0) is 99.8 Å². The van der Waals surface area contributed by atoms with Crippen molar-refractivity contribution in [3.63, 3.8) is 0 Å². The second-order valence-electron chi connectivity index (χ2n) is 15.6. The molecule has 1 aliphatic heterocycles. The highest BCUT2D eigenvalue weighted by atomic mass is 33.1. The van der Waals surface area contributed by atoms with Crippen molar-refractivity contribution in [1.82, 2.24) is 9.80 Å². The summed E-state index contributed by atoms with van der Waals surface area (Å²) in [7, 11) is 4.69. The first-order valence-electron chi connectivity index (χ1n) is 20.3. The summed E-state index contributed by atoms with van der Waals surface area (Å²) in [5, 5.41) is 33.8. The maximum Gasteiger partial charge on any atom is 0.409 e. The minimum Gasteiger partial charge on any atom is -0.464 e. The van der Waals surface area contributed by atoms with Gasteiger partial charge in [-0.2, -0.15) is 0 Å². The van der Waals surface area contributed by atoms with Crippen LogP contribution in [0, 0.1) is 5.92 Å². The van der Waals surface area contributed by atoms with Crippen molar-refractivity contribution in [3.05, 3.63) is 143 Å². The molecule has 4 aromatic carbocycles. The Kier molecular flexibility index (Phi) is 17.1. The monoisotopic (exact) mass is 828 g/mol. The van der Waals surface area contributed by atoms with Gasteiger partial charge in [-0.3, -0.25) is 4.79 Å². The number of nitrogens with zero attached hydrogens (tertiary/aromatic N) is 2. The molecule has 1 saturated heterocycles. The van der Waals surface area contributed by atoms with Gasteiger partial charge in [-0.15, -0.1) is 0 Å². The van der Waals surface area contributed by atoms with Crippen molar-refractivity contribution in [3.8, 4) is 0 Å². The van der Waals surface area contributed by atoms with E-state index >= 15 is 0 Å². The van der Waals surface area contributed by atoms with E-state index < -0.39 is 35.4 Å². The van der Waals surface area contributed by atoms with E-state index in [4.69, 9.17) is 9.47 Å². The summed E-state index contributed by atoms with van der Waals surface area (Å²) in [5.41, 5.74) is 2.37. The van der Waals surface area contributed by atoms with E-state index in [0.29, 0.717) is 17.9 Å². The number of carbonyl (C=O) groups is 2. The second kappa shape index (κ2) is 22.0. The smallest absolute Gasteiger partial charge is 0.409 e. The van der Waals surface area contributed by atoms with Gasteiger partial charge in [0.05, 0.1) is 23.7 Å². The highest BCUT2D eigenvalue weighted by molar-refractivity contribution is 8.76. The molecule has 1 fully saturated rings. The molecule has 5 rings (SSSR count). The summed E-state index contributed by atoms with van der Waals surface area (Å²) in [6.45, 7) is 8.64. The quantitative estimate of drug-likeness (QED) is 0.0455. The third kappa shape index (κ3) is 11.9. The van der Waals surface area contributed by atoms with Crippen LogP contribution in [0.5, 0.6) is 0 Å². The molecule has 0 bridgehead atoms. The molecule has 58 heavy (non-hydrogen) atoms. The summed E-state index contributed by atoms with van der Waals surface area (Å²) in [4.78, 5) is 29.4. The number of amides is 1. The summed E-state index contributed by atoms with van der Waals surface area (Å²) < 4.78 is 11.0. The molecule has 1 unspecified atom stereocenters. The molecule has 3 atom stereocenters. The standard InChI is InChI=1S/C47H60N2O7S2/c1-35(43(51)37-15-8-5-9-16-37)48(4)45(53)56-32-34-58-57-33-31-55-44(52)46(2,3)38-24-22-36(23-25-38)42(50)21-14-28-49-29-26-41(27-30-49)47(54,39-17-10-6-11-18-39)40-19-12-7-13-20-40/h5-13,15-20,22-25,35,41-43,50-51,54H,14,21,26-34H2,1-4H3/t35-,42?,43+/m0/s1. The zero-order chi connectivity index (χ0) is 41.5. The predicted octanol–water partition coefficient (Wildman–Crippen LogP) is 8.54. The number of likely N-dealkylation sites (N-methyl/N-ethyl adjacent to an activating group) is 1. The molecule has 0 saturated carbocycles. The Morgan fingerprint density at radius 2 is 1.28 bits per heavy atom. The molecule has 4 aromatic rings. The van der Waals surface area contributed by atoms with E-state index in [1.807, 2.05) is 129 Å². The Hall–Kier alpha value is -3.84. The third-order valence-electron chi connectivity index (χ3n) is 11.5. The van der Waals surface area contributed by atoms with Crippen molar-refractivity contribution in [2.45, 2.75) is 75.7 Å². The Morgan fingerprint density at radius 3 is 1.83 bits per heavy atom. The van der Waals surface area contributed by atoms with Crippen LogP contribution in [-0.4, -0.2) is 94.6 Å². The average molecular weight is 829 g/mol. The molecule has 11 heteroatoms. The first-order valence-corrected chi connectivity index (χ1v) is 22.8. The number of rotatable bonds is 20. The van der Waals surface area contributed by atoms with Crippen LogP contribution < -0.4 is 0 Å². The maximum absolute atomic E-state index is 13.1. The molecule has 0 radical (unpaired) electrons. The number of piperidine rings is 1. The van der Waals surface area contributed by atoms with Crippen LogP contribution in [0.4, 0.5) is 4.79 Å². The van der Waals surface area contributed by atoms with Crippen LogP contribution >= 0.6 is 21.6 Å². The molecule has 0 spiro atoms. The lowest BCUT2D eigenvalue weighted by Crippen LogP contribution is -2.44. The van der Waals surface area contributed by atoms with Gasteiger partial charge >= 0.3 is 12.1 Å². The highest BCUT2D eigenvalue weighted by Crippen LogP contribution is 2.42. The first-order chi connectivity index (χ1) is 27.9. The minimum absolute atomic E-state index is 0.109. The average Bonchev–Trinajstić information content (AvgIpc) is 3.27. The Labute approximate surface area is 352 Å². The van der Waals surface area contributed by atoms with Gasteiger partial charge in [0, 0.05) is 18.6 Å². The molecule has 312 valence electrons. The lowest BCUT2D eigenvalue weighted by molar-refractivity contribution is -0.148. The molecule has 1 aliphatic rings. The summed E-state index contributed by atoms with van der Waals surface area (Å²) >= 11 is 0. The number of esters is 1. The molecular formula is C47H60N2O7S2. The Morgan fingerprint density at radius 1 is 0.759 bits per heavy atom. The lowest BCUT2D eigenvalue weighted by atomic mass is 9.72. The lowest BCUT2D eigenvalue weighted by Gasteiger charge is -2.42. The number of likely N-dealkylation sites (tertiary alicyclic amines) is 1. The Bertz CT molecular complexity index is 1790. The molecular weight excluding hydrogens is 769 g/mol. The SMILES string of the molecule is C[C@@H]([C@@H](O)c1ccccc1)N(C)C(=O)OCCSSCCOC(=O)C(C)(C)c1ccc(C(O)CCCN2CCC(C(O)(c3ccccc3)c3ccccc3)CC2)cc1. The zero-order valence-corrected chi connectivity index (χ0v) is 35.9. The van der Waals surface area contributed by atoms with Crippen LogP contribution in [0.1, 0.15) is 86.5 Å². The van der Waals surface area contributed by atoms with Crippen molar-refractivity contribution >= 4 is 33.7 Å². The summed E-state index contributed by atoms with van der Waals surface area (Å²) in [6, 6.07) is 36.4. The fourth-order valence-electron chi connectivity index (χ4n) is 7.55. The van der Waals surface area contributed by atoms with E-state index in [-0.39, 0.29) is 25.1 Å². The number of ether oxygens (including phenoxy) is 2. The Balaban J connectivity index is 0.962. The van der Waals surface area contributed by atoms with Crippen molar-refractivity contribution in [2.75, 3.05) is 51.4 Å². The molecule has 1 amide bonds. The fraction of sp³-hybridized carbons (Fsp3) is 0.447. The number of aliphatic hydroxyl groups excluding tert-OH is 2. The maximum atomic E-state index is 13.1. The van der Waals surface area contributed by atoms with Gasteiger partial charge in [0.2, 0.25) is 0 Å². The van der Waals surface area contributed by atoms with E-state index in [1.54, 1.807) is 24.8 Å². The number of benzene rings is 4. The predicted molar refractivity (Wildman–Crippen MR) is 235 cm³/mol. The fourth-order valence-corrected chi connectivity index (χ4v) is 9.20. The van der Waals surface area contributed by atoms with Crippen LogP contribution in [0.25, 0.3) is 0 Å². The normalized spacial score (nSPS) is 15.6. The van der Waals surface area contributed by atoms with Crippen LogP contribution in [0.2, 0.25) is 0 Å². The van der Waals surface area contributed by atoms with Crippen LogP contribution in [0.15, 0.2) is 115 Å². The van der Waals surface area contributed by atoms with Gasteiger partial charge in [-0.25, -0.2) is 4.79 Å². The zero-order valence-electron chi connectivity index (χ0n) is 34.2. The van der Waals surface area contributed by atoms with Gasteiger partial charge < -0.3 is 34.6 Å². The summed E-state index contributed by atoms with van der Waals surface area (Å²) in [5.74, 6) is 0.960. The van der Waals surface area contributed by atoms with E-state index in [0.717, 1.165) is 66.7 Å². The second-order valence-corrected chi connectivity index (χ2v) is 18.3. The van der Waals surface area contributed by atoms with Gasteiger partial charge in [0.25, 0.3) is 0 Å². The molecule has 9 nitrogen and oxygen atoms in total. The van der Waals surface area contributed by atoms with Crippen LogP contribution in [-0.2, 0) is 25.3 Å². The highest BCUT2D eigenvalue weighted by Gasteiger charge is 2.41. The molecule has 0 aromatic heterocycles. The number of hydrogen-bond donors (Lipinski definition) is 3. The van der Waals surface area contributed by atoms with E-state index in [1.165, 1.54) is 15.7 Å². The van der Waals surface area contributed by atoms with Crippen molar-refractivity contribution < 1.29 is 34.4 Å². The summed E-state index contributed by atoms with van der Waals surface area (Å²) in [6.07, 6.45) is 1.36. The van der Waals surface area contributed by atoms with Gasteiger partial charge in [0.1, 0.15) is 18.8 Å². The number of hydrogen-bond acceptors (Lipinski definition) is 10. The largest absolute Gasteiger partial charge is 0.464 e.